The van der Waals surface area contributed by atoms with Crippen molar-refractivity contribution in [2.24, 2.45) is 7.05 Å². The van der Waals surface area contributed by atoms with Crippen LogP contribution in [-0.4, -0.2) is 16.7 Å². The van der Waals surface area contributed by atoms with Crippen molar-refractivity contribution in [3.8, 4) is 17.0 Å². The second-order valence-electron chi connectivity index (χ2n) is 3.27. The number of benzene rings is 1. The van der Waals surface area contributed by atoms with Crippen molar-refractivity contribution in [2.75, 3.05) is 7.11 Å². The highest BCUT2D eigenvalue weighted by Crippen LogP contribution is 2.23. The monoisotopic (exact) mass is 220 g/mol. The fraction of sp³-hybridized carbons (Fsp3) is 0.182. The van der Waals surface area contributed by atoms with E-state index in [4.69, 9.17) is 17.0 Å². The number of nitrogens with zero attached hydrogens (tertiary/aromatic N) is 1. The highest BCUT2D eigenvalue weighted by molar-refractivity contribution is 7.71. The minimum absolute atomic E-state index is 0.716. The highest BCUT2D eigenvalue weighted by Gasteiger charge is 2.03. The largest absolute Gasteiger partial charge is 0.497 e. The van der Waals surface area contributed by atoms with Crippen molar-refractivity contribution in [3.63, 3.8) is 0 Å². The molecule has 0 bridgehead atoms. The van der Waals surface area contributed by atoms with E-state index < -0.39 is 0 Å². The van der Waals surface area contributed by atoms with Crippen LogP contribution in [0.1, 0.15) is 0 Å². The quantitative estimate of drug-likeness (QED) is 0.789. The van der Waals surface area contributed by atoms with E-state index in [0.29, 0.717) is 4.77 Å². The summed E-state index contributed by atoms with van der Waals surface area (Å²) in [7, 11) is 3.60. The standard InChI is InChI=1S/C11H12N2OS/c1-13-10(7-12-11(13)15)8-4-3-5-9(6-8)14-2/h3-7H,1-2H3,(H,12,15). The molecule has 15 heavy (non-hydrogen) atoms. The summed E-state index contributed by atoms with van der Waals surface area (Å²) in [4.78, 5) is 3.01. The molecule has 0 radical (unpaired) electrons. The molecule has 1 N–H and O–H groups in total. The third-order valence-corrected chi connectivity index (χ3v) is 2.76. The van der Waals surface area contributed by atoms with Crippen molar-refractivity contribution < 1.29 is 4.74 Å². The highest BCUT2D eigenvalue weighted by atomic mass is 32.1. The summed E-state index contributed by atoms with van der Waals surface area (Å²) < 4.78 is 7.83. The minimum Gasteiger partial charge on any atom is -0.497 e. The molecule has 0 amide bonds. The molecular formula is C11H12N2OS. The molecule has 0 saturated carbocycles. The van der Waals surface area contributed by atoms with Gasteiger partial charge in [0.15, 0.2) is 4.77 Å². The molecule has 0 atom stereocenters. The summed E-state index contributed by atoms with van der Waals surface area (Å²) in [6.45, 7) is 0. The van der Waals surface area contributed by atoms with Crippen LogP contribution >= 0.6 is 12.2 Å². The zero-order valence-corrected chi connectivity index (χ0v) is 9.47. The average Bonchev–Trinajstić information content (AvgIpc) is 2.60. The molecule has 0 aliphatic rings. The Labute approximate surface area is 93.3 Å². The summed E-state index contributed by atoms with van der Waals surface area (Å²) >= 11 is 5.11. The molecule has 78 valence electrons. The van der Waals surface area contributed by atoms with Crippen molar-refractivity contribution in [3.05, 3.63) is 35.2 Å². The SMILES string of the molecule is COc1cccc(-c2c[nH]c(=S)n2C)c1. The normalized spacial score (nSPS) is 10.3. The Morgan fingerprint density at radius 1 is 1.40 bits per heavy atom. The molecule has 1 aromatic carbocycles. The van der Waals surface area contributed by atoms with Crippen molar-refractivity contribution >= 4 is 12.2 Å². The van der Waals surface area contributed by atoms with E-state index in [9.17, 15) is 0 Å². The lowest BCUT2D eigenvalue weighted by atomic mass is 10.1. The fourth-order valence-electron chi connectivity index (χ4n) is 1.49. The Morgan fingerprint density at radius 3 is 2.80 bits per heavy atom. The first kappa shape index (κ1) is 9.98. The molecule has 2 rings (SSSR count). The number of nitrogens with one attached hydrogen (secondary N) is 1. The van der Waals surface area contributed by atoms with Gasteiger partial charge in [-0.1, -0.05) is 12.1 Å². The maximum absolute atomic E-state index is 5.18. The number of H-pyrrole nitrogens is 1. The Bertz CT molecular complexity index is 527. The van der Waals surface area contributed by atoms with Crippen LogP contribution in [0, 0.1) is 4.77 Å². The predicted molar refractivity (Wildman–Crippen MR) is 62.6 cm³/mol. The van der Waals surface area contributed by atoms with Gasteiger partial charge in [0.1, 0.15) is 5.75 Å². The molecule has 0 aliphatic carbocycles. The van der Waals surface area contributed by atoms with Crippen LogP contribution in [0.25, 0.3) is 11.3 Å². The van der Waals surface area contributed by atoms with E-state index in [1.54, 1.807) is 7.11 Å². The van der Waals surface area contributed by atoms with Crippen LogP contribution in [0.3, 0.4) is 0 Å². The molecule has 0 fully saturated rings. The summed E-state index contributed by atoms with van der Waals surface area (Å²) in [5.41, 5.74) is 2.14. The van der Waals surface area contributed by atoms with E-state index in [0.717, 1.165) is 17.0 Å². The summed E-state index contributed by atoms with van der Waals surface area (Å²) in [5, 5.41) is 0. The van der Waals surface area contributed by atoms with Crippen molar-refractivity contribution in [1.29, 1.82) is 0 Å². The van der Waals surface area contributed by atoms with Gasteiger partial charge in [0, 0.05) is 18.8 Å². The van der Waals surface area contributed by atoms with Crippen molar-refractivity contribution in [1.82, 2.24) is 9.55 Å². The summed E-state index contributed by atoms with van der Waals surface area (Å²) in [5.74, 6) is 0.847. The van der Waals surface area contributed by atoms with Crippen LogP contribution in [0.4, 0.5) is 0 Å². The van der Waals surface area contributed by atoms with Gasteiger partial charge >= 0.3 is 0 Å². The van der Waals surface area contributed by atoms with Gasteiger partial charge in [-0.2, -0.15) is 0 Å². The zero-order chi connectivity index (χ0) is 10.8. The maximum Gasteiger partial charge on any atom is 0.177 e. The summed E-state index contributed by atoms with van der Waals surface area (Å²) in [6.07, 6.45) is 1.90. The summed E-state index contributed by atoms with van der Waals surface area (Å²) in [6, 6.07) is 7.90. The first-order chi connectivity index (χ1) is 7.22. The molecule has 1 heterocycles. The van der Waals surface area contributed by atoms with Gasteiger partial charge in [-0.05, 0) is 24.4 Å². The Morgan fingerprint density at radius 2 is 2.20 bits per heavy atom. The van der Waals surface area contributed by atoms with Gasteiger partial charge in [-0.25, -0.2) is 0 Å². The Kier molecular flexibility index (Phi) is 2.60. The average molecular weight is 220 g/mol. The van der Waals surface area contributed by atoms with Crippen LogP contribution < -0.4 is 4.74 Å². The van der Waals surface area contributed by atoms with Gasteiger partial charge < -0.3 is 14.3 Å². The molecule has 4 heteroatoms. The minimum atomic E-state index is 0.716. The number of ether oxygens (including phenoxy) is 1. The van der Waals surface area contributed by atoms with Crippen molar-refractivity contribution in [2.45, 2.75) is 0 Å². The van der Waals surface area contributed by atoms with E-state index in [1.165, 1.54) is 0 Å². The maximum atomic E-state index is 5.18. The fourth-order valence-corrected chi connectivity index (χ4v) is 1.65. The molecule has 0 aliphatic heterocycles. The number of aromatic amines is 1. The zero-order valence-electron chi connectivity index (χ0n) is 8.65. The van der Waals surface area contributed by atoms with Crippen LogP contribution in [0.2, 0.25) is 0 Å². The number of methoxy groups -OCH3 is 1. The molecule has 0 unspecified atom stereocenters. The molecule has 2 aromatic rings. The lowest BCUT2D eigenvalue weighted by Crippen LogP contribution is -1.91. The van der Waals surface area contributed by atoms with Crippen LogP contribution in [0.15, 0.2) is 30.5 Å². The Hall–Kier alpha value is -1.55. The molecule has 3 nitrogen and oxygen atoms in total. The third kappa shape index (κ3) is 1.80. The Balaban J connectivity index is 2.54. The van der Waals surface area contributed by atoms with E-state index in [2.05, 4.69) is 4.98 Å². The smallest absolute Gasteiger partial charge is 0.177 e. The van der Waals surface area contributed by atoms with Gasteiger partial charge in [-0.3, -0.25) is 0 Å². The number of hydrogen-bond acceptors (Lipinski definition) is 2. The van der Waals surface area contributed by atoms with E-state index in [1.807, 2.05) is 42.1 Å². The lowest BCUT2D eigenvalue weighted by Gasteiger charge is -2.04. The van der Waals surface area contributed by atoms with Crippen LogP contribution in [-0.2, 0) is 7.05 Å². The van der Waals surface area contributed by atoms with Gasteiger partial charge in [0.05, 0.1) is 12.8 Å². The molecule has 0 saturated heterocycles. The second kappa shape index (κ2) is 3.90. The lowest BCUT2D eigenvalue weighted by molar-refractivity contribution is 0.415. The number of aromatic nitrogens is 2. The van der Waals surface area contributed by atoms with Gasteiger partial charge in [0.25, 0.3) is 0 Å². The third-order valence-electron chi connectivity index (χ3n) is 2.36. The van der Waals surface area contributed by atoms with E-state index in [-0.39, 0.29) is 0 Å². The first-order valence-corrected chi connectivity index (χ1v) is 5.02. The number of hydrogen-bond donors (Lipinski definition) is 1. The van der Waals surface area contributed by atoms with Gasteiger partial charge in [0.2, 0.25) is 0 Å². The van der Waals surface area contributed by atoms with Crippen LogP contribution in [0.5, 0.6) is 5.75 Å². The topological polar surface area (TPSA) is 29.9 Å². The van der Waals surface area contributed by atoms with Gasteiger partial charge in [-0.15, -0.1) is 0 Å². The second-order valence-corrected chi connectivity index (χ2v) is 3.66. The predicted octanol–water partition coefficient (Wildman–Crippen LogP) is 2.76. The first-order valence-electron chi connectivity index (χ1n) is 4.61. The molecule has 1 aromatic heterocycles. The number of rotatable bonds is 2. The van der Waals surface area contributed by atoms with E-state index >= 15 is 0 Å². The molecule has 0 spiro atoms. The molecular weight excluding hydrogens is 208 g/mol. The number of imidazole rings is 1.